The van der Waals surface area contributed by atoms with Crippen molar-refractivity contribution in [2.45, 2.75) is 25.4 Å². The van der Waals surface area contributed by atoms with Gasteiger partial charge >= 0.3 is 0 Å². The van der Waals surface area contributed by atoms with Crippen molar-refractivity contribution in [3.05, 3.63) is 69.2 Å². The van der Waals surface area contributed by atoms with Gasteiger partial charge in [-0.2, -0.15) is 0 Å². The van der Waals surface area contributed by atoms with E-state index in [0.29, 0.717) is 21.3 Å². The highest BCUT2D eigenvalue weighted by Crippen LogP contribution is 2.32. The van der Waals surface area contributed by atoms with Gasteiger partial charge in [0.25, 0.3) is 5.91 Å². The molecule has 1 amide bonds. The summed E-state index contributed by atoms with van der Waals surface area (Å²) in [7, 11) is 0. The van der Waals surface area contributed by atoms with E-state index < -0.39 is 5.82 Å². The molecule has 0 atom stereocenters. The summed E-state index contributed by atoms with van der Waals surface area (Å²) in [6, 6.07) is 11.2. The number of hydrogen-bond acceptors (Lipinski definition) is 4. The zero-order valence-corrected chi connectivity index (χ0v) is 16.4. The summed E-state index contributed by atoms with van der Waals surface area (Å²) in [5.41, 5.74) is 1.02. The SMILES string of the molecule is O=C(c1cc(F)ccc1Br)N(Cc1nnc(-c2ccc(Cl)cc2)o1)C1CC1. The minimum absolute atomic E-state index is 0.0959. The second-order valence-corrected chi connectivity index (χ2v) is 7.59. The maximum atomic E-state index is 13.6. The summed E-state index contributed by atoms with van der Waals surface area (Å²) in [5, 5.41) is 8.71. The van der Waals surface area contributed by atoms with E-state index in [0.717, 1.165) is 18.4 Å². The van der Waals surface area contributed by atoms with Gasteiger partial charge in [0.2, 0.25) is 11.8 Å². The number of amides is 1. The molecule has 3 aromatic rings. The Labute approximate surface area is 168 Å². The van der Waals surface area contributed by atoms with E-state index >= 15 is 0 Å². The first-order chi connectivity index (χ1) is 13.0. The van der Waals surface area contributed by atoms with Crippen LogP contribution in [0.15, 0.2) is 51.4 Å². The average molecular weight is 451 g/mol. The Morgan fingerprint density at radius 2 is 1.96 bits per heavy atom. The van der Waals surface area contributed by atoms with Crippen LogP contribution in [0, 0.1) is 5.82 Å². The monoisotopic (exact) mass is 449 g/mol. The van der Waals surface area contributed by atoms with Gasteiger partial charge in [-0.15, -0.1) is 10.2 Å². The third-order valence-corrected chi connectivity index (χ3v) is 5.21. The number of halogens is 3. The fourth-order valence-electron chi connectivity index (χ4n) is 2.74. The van der Waals surface area contributed by atoms with Crippen LogP contribution in [0.4, 0.5) is 4.39 Å². The number of rotatable bonds is 5. The predicted octanol–water partition coefficient (Wildman–Crippen LogP) is 5.10. The van der Waals surface area contributed by atoms with Crippen molar-refractivity contribution in [1.82, 2.24) is 15.1 Å². The summed E-state index contributed by atoms with van der Waals surface area (Å²) in [5.74, 6) is -0.0419. The molecule has 1 aliphatic rings. The van der Waals surface area contributed by atoms with Gasteiger partial charge in [-0.25, -0.2) is 4.39 Å². The Morgan fingerprint density at radius 3 is 2.67 bits per heavy atom. The number of nitrogens with zero attached hydrogens (tertiary/aromatic N) is 3. The molecule has 0 aliphatic heterocycles. The molecule has 27 heavy (non-hydrogen) atoms. The first-order valence-electron chi connectivity index (χ1n) is 8.35. The lowest BCUT2D eigenvalue weighted by molar-refractivity contribution is 0.0713. The molecule has 1 saturated carbocycles. The van der Waals surface area contributed by atoms with Gasteiger partial charge in [-0.3, -0.25) is 4.79 Å². The van der Waals surface area contributed by atoms with Crippen molar-refractivity contribution >= 4 is 33.4 Å². The number of carbonyl (C=O) groups is 1. The molecule has 0 saturated heterocycles. The number of benzene rings is 2. The average Bonchev–Trinajstić information content (AvgIpc) is 3.40. The fourth-order valence-corrected chi connectivity index (χ4v) is 3.28. The zero-order valence-electron chi connectivity index (χ0n) is 14.0. The standard InChI is InChI=1S/C19H14BrClFN3O2/c20-16-8-5-13(22)9-15(16)19(26)25(14-6-7-14)10-17-23-24-18(27-17)11-1-3-12(21)4-2-11/h1-5,8-9,14H,6-7,10H2. The van der Waals surface area contributed by atoms with E-state index in [1.54, 1.807) is 29.2 Å². The molecule has 1 heterocycles. The summed E-state index contributed by atoms with van der Waals surface area (Å²) in [6.45, 7) is 0.174. The van der Waals surface area contributed by atoms with Crippen LogP contribution < -0.4 is 0 Å². The van der Waals surface area contributed by atoms with E-state index in [1.807, 2.05) is 0 Å². The number of carbonyl (C=O) groups excluding carboxylic acids is 1. The topological polar surface area (TPSA) is 59.2 Å². The van der Waals surface area contributed by atoms with E-state index in [2.05, 4.69) is 26.1 Å². The molecule has 1 fully saturated rings. The molecule has 2 aromatic carbocycles. The van der Waals surface area contributed by atoms with E-state index in [1.165, 1.54) is 18.2 Å². The molecule has 0 unspecified atom stereocenters. The Morgan fingerprint density at radius 1 is 1.22 bits per heavy atom. The lowest BCUT2D eigenvalue weighted by atomic mass is 10.2. The van der Waals surface area contributed by atoms with E-state index in [9.17, 15) is 9.18 Å². The first kappa shape index (κ1) is 18.1. The molecule has 0 radical (unpaired) electrons. The Bertz CT molecular complexity index is 989. The summed E-state index contributed by atoms with van der Waals surface area (Å²) in [4.78, 5) is 14.6. The van der Waals surface area contributed by atoms with Gasteiger partial charge in [0.15, 0.2) is 0 Å². The van der Waals surface area contributed by atoms with Crippen molar-refractivity contribution in [2.24, 2.45) is 0 Å². The summed E-state index contributed by atoms with van der Waals surface area (Å²) < 4.78 is 19.9. The quantitative estimate of drug-likeness (QED) is 0.543. The van der Waals surface area contributed by atoms with Crippen LogP contribution in [0.2, 0.25) is 5.02 Å². The van der Waals surface area contributed by atoms with Crippen molar-refractivity contribution in [3.8, 4) is 11.5 Å². The van der Waals surface area contributed by atoms with Crippen LogP contribution in [-0.2, 0) is 6.54 Å². The highest BCUT2D eigenvalue weighted by molar-refractivity contribution is 9.10. The van der Waals surface area contributed by atoms with Crippen molar-refractivity contribution < 1.29 is 13.6 Å². The first-order valence-corrected chi connectivity index (χ1v) is 9.52. The summed E-state index contributed by atoms with van der Waals surface area (Å²) in [6.07, 6.45) is 1.80. The molecule has 8 heteroatoms. The molecule has 5 nitrogen and oxygen atoms in total. The number of aromatic nitrogens is 2. The Hall–Kier alpha value is -2.25. The van der Waals surface area contributed by atoms with Gasteiger partial charge in [-0.1, -0.05) is 11.6 Å². The van der Waals surface area contributed by atoms with Crippen molar-refractivity contribution in [1.29, 1.82) is 0 Å². The van der Waals surface area contributed by atoms with Crippen molar-refractivity contribution in [2.75, 3.05) is 0 Å². The molecular weight excluding hydrogens is 437 g/mol. The van der Waals surface area contributed by atoms with Crippen LogP contribution in [0.5, 0.6) is 0 Å². The fraction of sp³-hybridized carbons (Fsp3) is 0.211. The minimum atomic E-state index is -0.458. The highest BCUT2D eigenvalue weighted by atomic mass is 79.9. The van der Waals surface area contributed by atoms with Gasteiger partial charge in [0.05, 0.1) is 12.1 Å². The lowest BCUT2D eigenvalue weighted by Gasteiger charge is -2.21. The van der Waals surface area contributed by atoms with E-state index in [-0.39, 0.29) is 24.1 Å². The Kier molecular flexibility index (Phi) is 4.97. The smallest absolute Gasteiger partial charge is 0.255 e. The largest absolute Gasteiger partial charge is 0.419 e. The van der Waals surface area contributed by atoms with Crippen LogP contribution in [0.3, 0.4) is 0 Å². The molecule has 0 bridgehead atoms. The van der Waals surface area contributed by atoms with E-state index in [4.69, 9.17) is 16.0 Å². The third kappa shape index (κ3) is 4.04. The van der Waals surface area contributed by atoms with Gasteiger partial charge in [0, 0.05) is 21.1 Å². The van der Waals surface area contributed by atoms with Crippen LogP contribution in [0.25, 0.3) is 11.5 Å². The van der Waals surface area contributed by atoms with Crippen molar-refractivity contribution in [3.63, 3.8) is 0 Å². The molecule has 0 N–H and O–H groups in total. The molecule has 0 spiro atoms. The molecular formula is C19H14BrClFN3O2. The van der Waals surface area contributed by atoms with Gasteiger partial charge < -0.3 is 9.32 Å². The summed E-state index contributed by atoms with van der Waals surface area (Å²) >= 11 is 9.21. The molecule has 138 valence electrons. The highest BCUT2D eigenvalue weighted by Gasteiger charge is 2.35. The van der Waals surface area contributed by atoms with Gasteiger partial charge in [0.1, 0.15) is 5.82 Å². The van der Waals surface area contributed by atoms with Crippen LogP contribution in [-0.4, -0.2) is 27.0 Å². The predicted molar refractivity (Wildman–Crippen MR) is 102 cm³/mol. The number of hydrogen-bond donors (Lipinski definition) is 0. The lowest BCUT2D eigenvalue weighted by Crippen LogP contribution is -2.33. The molecule has 1 aromatic heterocycles. The maximum Gasteiger partial charge on any atom is 0.255 e. The maximum absolute atomic E-state index is 13.6. The zero-order chi connectivity index (χ0) is 19.0. The second-order valence-electron chi connectivity index (χ2n) is 6.30. The van der Waals surface area contributed by atoms with Crippen LogP contribution >= 0.6 is 27.5 Å². The molecule has 1 aliphatic carbocycles. The normalized spacial score (nSPS) is 13.6. The minimum Gasteiger partial charge on any atom is -0.419 e. The molecule has 4 rings (SSSR count). The van der Waals surface area contributed by atoms with Crippen LogP contribution in [0.1, 0.15) is 29.1 Å². The Balaban J connectivity index is 1.57. The second kappa shape index (κ2) is 7.40. The third-order valence-electron chi connectivity index (χ3n) is 4.27. The van der Waals surface area contributed by atoms with Gasteiger partial charge in [-0.05, 0) is 71.2 Å².